The Balaban J connectivity index is 1.74. The first-order chi connectivity index (χ1) is 19.5. The number of aliphatic carboxylic acids is 1. The highest BCUT2D eigenvalue weighted by Crippen LogP contribution is 2.72. The molecule has 6 nitrogen and oxygen atoms in total. The first kappa shape index (κ1) is 32.3. The van der Waals surface area contributed by atoms with Gasteiger partial charge in [-0.25, -0.2) is 9.59 Å². The van der Waals surface area contributed by atoms with E-state index in [0.717, 1.165) is 38.5 Å². The van der Waals surface area contributed by atoms with E-state index >= 15 is 0 Å². The van der Waals surface area contributed by atoms with E-state index in [2.05, 4.69) is 53.7 Å². The van der Waals surface area contributed by atoms with Crippen LogP contribution in [0.5, 0.6) is 0 Å². The second-order valence-corrected chi connectivity index (χ2v) is 14.7. The van der Waals surface area contributed by atoms with Gasteiger partial charge >= 0.3 is 17.9 Å². The van der Waals surface area contributed by atoms with Crippen molar-refractivity contribution in [1.29, 1.82) is 0 Å². The fourth-order valence-corrected chi connectivity index (χ4v) is 9.64. The molecule has 0 aromatic heterocycles. The third-order valence-electron chi connectivity index (χ3n) is 12.3. The number of hydrogen-bond donors (Lipinski definition) is 1. The van der Waals surface area contributed by atoms with E-state index < -0.39 is 5.97 Å². The number of ether oxygens (including phenoxy) is 2. The van der Waals surface area contributed by atoms with Crippen molar-refractivity contribution >= 4 is 17.9 Å². The lowest BCUT2D eigenvalue weighted by Crippen LogP contribution is -2.56. The number of carbonyl (C=O) groups excluding carboxylic acids is 2. The maximum atomic E-state index is 12.9. The van der Waals surface area contributed by atoms with Crippen LogP contribution in [0, 0.1) is 39.4 Å². The van der Waals surface area contributed by atoms with Crippen LogP contribution in [0.15, 0.2) is 47.1 Å². The summed E-state index contributed by atoms with van der Waals surface area (Å²) in [5, 5.41) is 9.29. The molecule has 0 aromatic rings. The van der Waals surface area contributed by atoms with Crippen molar-refractivity contribution in [3.63, 3.8) is 0 Å². The Kier molecular flexibility index (Phi) is 8.81. The van der Waals surface area contributed by atoms with Gasteiger partial charge in [-0.05, 0) is 98.5 Å². The summed E-state index contributed by atoms with van der Waals surface area (Å²) in [7, 11) is 0. The lowest BCUT2D eigenvalue weighted by Gasteiger charge is -2.61. The Bertz CT molecular complexity index is 1240. The second-order valence-electron chi connectivity index (χ2n) is 14.7. The lowest BCUT2D eigenvalue weighted by molar-refractivity contribution is -0.166. The monoisotopic (exact) mass is 580 g/mol. The molecule has 0 bridgehead atoms. The molecule has 0 amide bonds. The van der Waals surface area contributed by atoms with Crippen molar-refractivity contribution in [3.8, 4) is 0 Å². The molecule has 8 atom stereocenters. The Hall–Kier alpha value is -2.63. The van der Waals surface area contributed by atoms with Gasteiger partial charge in [-0.3, -0.25) is 4.79 Å². The summed E-state index contributed by atoms with van der Waals surface area (Å²) in [6, 6.07) is 0. The zero-order chi connectivity index (χ0) is 31.3. The standard InChI is InChI=1S/C36H52O6/c1-10-12-31(38)42-30-21-27(22(2)13-11-14-23(3)32(39)40)35(8)20-17-25-26(36(30,35)9)15-16-28-33(5,6)29(41-24(4)37)18-19-34(25,28)7/h10,12,14-15,17,22,27-30H,11,13,16,18-21H2,1-9H3,(H,39,40)/b12-10+,23-14+/t22-,27-,28+,29+,30+,34-,35-,36-/m1/s1. The zero-order valence-corrected chi connectivity index (χ0v) is 27.2. The molecule has 4 aliphatic rings. The summed E-state index contributed by atoms with van der Waals surface area (Å²) >= 11 is 0. The average molecular weight is 581 g/mol. The highest BCUT2D eigenvalue weighted by atomic mass is 16.5. The fraction of sp³-hybridized carbons (Fsp3) is 0.694. The maximum absolute atomic E-state index is 12.9. The van der Waals surface area contributed by atoms with E-state index in [0.29, 0.717) is 29.7 Å². The Labute approximate surface area is 252 Å². The van der Waals surface area contributed by atoms with Gasteiger partial charge < -0.3 is 14.6 Å². The predicted octanol–water partition coefficient (Wildman–Crippen LogP) is 7.99. The van der Waals surface area contributed by atoms with Gasteiger partial charge in [0.1, 0.15) is 12.2 Å². The highest BCUT2D eigenvalue weighted by Gasteiger charge is 2.67. The number of carboxylic acids is 1. The fourth-order valence-electron chi connectivity index (χ4n) is 9.64. The van der Waals surface area contributed by atoms with Crippen LogP contribution in [0.2, 0.25) is 0 Å². The van der Waals surface area contributed by atoms with E-state index in [9.17, 15) is 19.5 Å². The van der Waals surface area contributed by atoms with Gasteiger partial charge in [0.15, 0.2) is 0 Å². The molecule has 0 radical (unpaired) electrons. The summed E-state index contributed by atoms with van der Waals surface area (Å²) in [4.78, 5) is 36.2. The minimum atomic E-state index is -0.870. The highest BCUT2D eigenvalue weighted by molar-refractivity contribution is 5.85. The van der Waals surface area contributed by atoms with E-state index in [-0.39, 0.29) is 45.8 Å². The van der Waals surface area contributed by atoms with E-state index in [1.165, 1.54) is 24.1 Å². The average Bonchev–Trinajstić information content (AvgIpc) is 3.12. The third-order valence-corrected chi connectivity index (χ3v) is 12.3. The first-order valence-corrected chi connectivity index (χ1v) is 15.9. The predicted molar refractivity (Wildman–Crippen MR) is 164 cm³/mol. The van der Waals surface area contributed by atoms with E-state index in [4.69, 9.17) is 9.47 Å². The van der Waals surface area contributed by atoms with Crippen LogP contribution in [0.1, 0.15) is 107 Å². The van der Waals surface area contributed by atoms with Crippen molar-refractivity contribution in [3.05, 3.63) is 47.1 Å². The molecule has 0 aromatic carbocycles. The van der Waals surface area contributed by atoms with Crippen LogP contribution < -0.4 is 0 Å². The van der Waals surface area contributed by atoms with Gasteiger partial charge in [0.2, 0.25) is 0 Å². The third kappa shape index (κ3) is 5.11. The van der Waals surface area contributed by atoms with Gasteiger partial charge in [0.25, 0.3) is 0 Å². The van der Waals surface area contributed by atoms with E-state index in [1.54, 1.807) is 13.0 Å². The number of hydrogen-bond acceptors (Lipinski definition) is 5. The molecule has 6 heteroatoms. The summed E-state index contributed by atoms with van der Waals surface area (Å²) in [6.45, 7) is 18.9. The van der Waals surface area contributed by atoms with Crippen LogP contribution in [-0.2, 0) is 23.9 Å². The molecule has 4 rings (SSSR count). The van der Waals surface area contributed by atoms with Crippen LogP contribution in [0.4, 0.5) is 0 Å². The Morgan fingerprint density at radius 2 is 1.74 bits per heavy atom. The SMILES string of the molecule is C/C=C/C(=O)O[C@H]1C[C@H]([C@H](C)CC/C=C(\C)C(=O)O)[C@@]2(C)CC=C3C(=CC[C@H]4C(C)(C)[C@@H](OC(C)=O)CC[C@]34C)[C@]12C. The van der Waals surface area contributed by atoms with Crippen molar-refractivity contribution < 1.29 is 29.0 Å². The van der Waals surface area contributed by atoms with Crippen LogP contribution in [0.3, 0.4) is 0 Å². The number of carbonyl (C=O) groups is 3. The van der Waals surface area contributed by atoms with Crippen molar-refractivity contribution in [2.45, 2.75) is 119 Å². The molecule has 1 N–H and O–H groups in total. The van der Waals surface area contributed by atoms with E-state index in [1.807, 2.05) is 13.0 Å². The molecule has 0 heterocycles. The molecule has 42 heavy (non-hydrogen) atoms. The molecule has 2 fully saturated rings. The molecular formula is C36H52O6. The lowest BCUT2D eigenvalue weighted by atomic mass is 9.44. The number of carboxylic acid groups (broad SMARTS) is 1. The number of allylic oxidation sites excluding steroid dienone is 5. The Morgan fingerprint density at radius 3 is 2.36 bits per heavy atom. The Morgan fingerprint density at radius 1 is 1.05 bits per heavy atom. The van der Waals surface area contributed by atoms with Gasteiger partial charge in [-0.15, -0.1) is 0 Å². The molecular weight excluding hydrogens is 528 g/mol. The second kappa shape index (κ2) is 11.5. The molecule has 4 aliphatic carbocycles. The van der Waals surface area contributed by atoms with Gasteiger partial charge in [-0.2, -0.15) is 0 Å². The molecule has 2 saturated carbocycles. The topological polar surface area (TPSA) is 89.9 Å². The summed E-state index contributed by atoms with van der Waals surface area (Å²) in [5.41, 5.74) is 2.41. The summed E-state index contributed by atoms with van der Waals surface area (Å²) in [6.07, 6.45) is 15.6. The first-order valence-electron chi connectivity index (χ1n) is 15.9. The minimum Gasteiger partial charge on any atom is -0.478 e. The van der Waals surface area contributed by atoms with Gasteiger partial charge in [0.05, 0.1) is 0 Å². The van der Waals surface area contributed by atoms with Crippen molar-refractivity contribution in [2.75, 3.05) is 0 Å². The smallest absolute Gasteiger partial charge is 0.330 e. The number of fused-ring (bicyclic) bond motifs is 5. The minimum absolute atomic E-state index is 0.0602. The molecule has 0 spiro atoms. The molecule has 0 aliphatic heterocycles. The van der Waals surface area contributed by atoms with Gasteiger partial charge in [-0.1, -0.05) is 65.8 Å². The summed E-state index contributed by atoms with van der Waals surface area (Å²) < 4.78 is 12.2. The largest absolute Gasteiger partial charge is 0.478 e. The quantitative estimate of drug-likeness (QED) is 0.231. The van der Waals surface area contributed by atoms with Crippen molar-refractivity contribution in [2.24, 2.45) is 39.4 Å². The van der Waals surface area contributed by atoms with Crippen LogP contribution in [-0.4, -0.2) is 35.2 Å². The normalized spacial score (nSPS) is 38.0. The van der Waals surface area contributed by atoms with Crippen molar-refractivity contribution in [1.82, 2.24) is 0 Å². The van der Waals surface area contributed by atoms with Gasteiger partial charge in [0, 0.05) is 29.4 Å². The van der Waals surface area contributed by atoms with Crippen LogP contribution in [0.25, 0.3) is 0 Å². The zero-order valence-electron chi connectivity index (χ0n) is 27.2. The summed E-state index contributed by atoms with van der Waals surface area (Å²) in [5.74, 6) is -0.406. The van der Waals surface area contributed by atoms with Crippen LogP contribution >= 0.6 is 0 Å². The molecule has 0 saturated heterocycles. The maximum Gasteiger partial charge on any atom is 0.330 e. The molecule has 0 unspecified atom stereocenters. The number of esters is 2. The number of rotatable bonds is 8. The molecule has 232 valence electrons.